The van der Waals surface area contributed by atoms with Crippen LogP contribution in [0.3, 0.4) is 0 Å². The average Bonchev–Trinajstić information content (AvgIpc) is 2.69. The molecular formula is C21H26N2O4. The summed E-state index contributed by atoms with van der Waals surface area (Å²) in [4.78, 5) is 24.0. The van der Waals surface area contributed by atoms with Gasteiger partial charge in [-0.2, -0.15) is 0 Å². The molecule has 0 aliphatic carbocycles. The number of hydrogen-bond acceptors (Lipinski definition) is 4. The lowest BCUT2D eigenvalue weighted by Crippen LogP contribution is -2.36. The summed E-state index contributed by atoms with van der Waals surface area (Å²) in [7, 11) is 1.56. The van der Waals surface area contributed by atoms with Gasteiger partial charge in [-0.05, 0) is 49.2 Å². The Bertz CT molecular complexity index is 740. The highest BCUT2D eigenvalue weighted by molar-refractivity contribution is 5.96. The van der Waals surface area contributed by atoms with Crippen LogP contribution in [-0.4, -0.2) is 31.6 Å². The van der Waals surface area contributed by atoms with Crippen molar-refractivity contribution in [1.82, 2.24) is 10.6 Å². The maximum Gasteiger partial charge on any atom is 0.251 e. The zero-order valence-corrected chi connectivity index (χ0v) is 16.0. The third-order valence-electron chi connectivity index (χ3n) is 3.86. The SMILES string of the molecule is COc1ccc(C(=O)NCC(=O)NCc2ccc(COC(C)C)cc2)cc1. The summed E-state index contributed by atoms with van der Waals surface area (Å²) in [6, 6.07) is 14.6. The number of ether oxygens (including phenoxy) is 2. The van der Waals surface area contributed by atoms with Crippen LogP contribution in [0.15, 0.2) is 48.5 Å². The number of rotatable bonds is 9. The second kappa shape index (κ2) is 10.3. The van der Waals surface area contributed by atoms with Crippen LogP contribution in [0.2, 0.25) is 0 Å². The molecule has 0 atom stereocenters. The largest absolute Gasteiger partial charge is 0.497 e. The molecule has 144 valence electrons. The van der Waals surface area contributed by atoms with Crippen LogP contribution in [0, 0.1) is 0 Å². The molecule has 0 unspecified atom stereocenters. The molecule has 6 heteroatoms. The van der Waals surface area contributed by atoms with E-state index in [-0.39, 0.29) is 24.5 Å². The number of hydrogen-bond donors (Lipinski definition) is 2. The Hall–Kier alpha value is -2.86. The predicted molar refractivity (Wildman–Crippen MR) is 104 cm³/mol. The molecule has 2 aromatic carbocycles. The first-order valence-electron chi connectivity index (χ1n) is 8.86. The summed E-state index contributed by atoms with van der Waals surface area (Å²) in [5.74, 6) is 0.123. The van der Waals surface area contributed by atoms with Gasteiger partial charge in [0.25, 0.3) is 5.91 Å². The van der Waals surface area contributed by atoms with Crippen molar-refractivity contribution in [3.8, 4) is 5.75 Å². The first-order chi connectivity index (χ1) is 13.0. The van der Waals surface area contributed by atoms with Crippen molar-refractivity contribution in [2.75, 3.05) is 13.7 Å². The average molecular weight is 370 g/mol. The molecule has 0 bridgehead atoms. The second-order valence-electron chi connectivity index (χ2n) is 6.36. The van der Waals surface area contributed by atoms with Gasteiger partial charge in [0, 0.05) is 12.1 Å². The quantitative estimate of drug-likeness (QED) is 0.711. The lowest BCUT2D eigenvalue weighted by Gasteiger charge is -2.09. The minimum Gasteiger partial charge on any atom is -0.497 e. The molecule has 0 aliphatic rings. The van der Waals surface area contributed by atoms with Crippen LogP contribution in [0.5, 0.6) is 5.75 Å². The van der Waals surface area contributed by atoms with Crippen molar-refractivity contribution in [2.45, 2.75) is 33.1 Å². The van der Waals surface area contributed by atoms with Gasteiger partial charge < -0.3 is 20.1 Å². The Labute approximate surface area is 159 Å². The van der Waals surface area contributed by atoms with Crippen LogP contribution in [0.4, 0.5) is 0 Å². The van der Waals surface area contributed by atoms with Crippen molar-refractivity contribution >= 4 is 11.8 Å². The van der Waals surface area contributed by atoms with Gasteiger partial charge in [-0.25, -0.2) is 0 Å². The highest BCUT2D eigenvalue weighted by Gasteiger charge is 2.08. The maximum absolute atomic E-state index is 12.0. The van der Waals surface area contributed by atoms with Crippen molar-refractivity contribution in [3.63, 3.8) is 0 Å². The molecule has 2 aromatic rings. The summed E-state index contributed by atoms with van der Waals surface area (Å²) < 4.78 is 10.6. The zero-order valence-electron chi connectivity index (χ0n) is 16.0. The summed E-state index contributed by atoms with van der Waals surface area (Å²) >= 11 is 0. The van der Waals surface area contributed by atoms with E-state index in [2.05, 4.69) is 10.6 Å². The number of amides is 2. The Morgan fingerprint density at radius 3 is 2.15 bits per heavy atom. The lowest BCUT2D eigenvalue weighted by atomic mass is 10.1. The normalized spacial score (nSPS) is 10.5. The molecule has 0 aromatic heterocycles. The topological polar surface area (TPSA) is 76.7 Å². The Kier molecular flexibility index (Phi) is 7.82. The molecule has 27 heavy (non-hydrogen) atoms. The molecule has 0 spiro atoms. The van der Waals surface area contributed by atoms with Crippen molar-refractivity contribution in [1.29, 1.82) is 0 Å². The Morgan fingerprint density at radius 2 is 1.56 bits per heavy atom. The third kappa shape index (κ3) is 7.11. The first-order valence-corrected chi connectivity index (χ1v) is 8.86. The molecule has 0 fully saturated rings. The summed E-state index contributed by atoms with van der Waals surface area (Å²) in [5.41, 5.74) is 2.55. The van der Waals surface area contributed by atoms with Gasteiger partial charge in [0.2, 0.25) is 5.91 Å². The molecule has 2 rings (SSSR count). The number of benzene rings is 2. The van der Waals surface area contributed by atoms with Crippen molar-refractivity contribution in [3.05, 3.63) is 65.2 Å². The minimum absolute atomic E-state index is 0.0782. The molecule has 0 aliphatic heterocycles. The van der Waals surface area contributed by atoms with E-state index in [1.807, 2.05) is 38.1 Å². The number of methoxy groups -OCH3 is 1. The van der Waals surface area contributed by atoms with E-state index in [1.54, 1.807) is 31.4 Å². The van der Waals surface area contributed by atoms with E-state index in [0.717, 1.165) is 11.1 Å². The second-order valence-corrected chi connectivity index (χ2v) is 6.36. The van der Waals surface area contributed by atoms with E-state index in [0.29, 0.717) is 24.5 Å². The van der Waals surface area contributed by atoms with Gasteiger partial charge in [0.15, 0.2) is 0 Å². The Morgan fingerprint density at radius 1 is 0.926 bits per heavy atom. The van der Waals surface area contributed by atoms with Crippen LogP contribution in [0.1, 0.15) is 35.3 Å². The number of nitrogens with one attached hydrogen (secondary N) is 2. The summed E-state index contributed by atoms with van der Waals surface area (Å²) in [6.07, 6.45) is 0.192. The fraction of sp³-hybridized carbons (Fsp3) is 0.333. The Balaban J connectivity index is 1.73. The fourth-order valence-corrected chi connectivity index (χ4v) is 2.28. The van der Waals surface area contributed by atoms with E-state index < -0.39 is 0 Å². The van der Waals surface area contributed by atoms with Crippen molar-refractivity contribution in [2.24, 2.45) is 0 Å². The fourth-order valence-electron chi connectivity index (χ4n) is 2.28. The molecule has 0 saturated carbocycles. The summed E-state index contributed by atoms with van der Waals surface area (Å²) in [5, 5.41) is 5.39. The molecule has 0 radical (unpaired) electrons. The number of carbonyl (C=O) groups excluding carboxylic acids is 2. The minimum atomic E-state index is -0.303. The smallest absolute Gasteiger partial charge is 0.251 e. The van der Waals surface area contributed by atoms with E-state index in [1.165, 1.54) is 0 Å². The molecular weight excluding hydrogens is 344 g/mol. The van der Waals surface area contributed by atoms with E-state index in [9.17, 15) is 9.59 Å². The molecule has 0 saturated heterocycles. The van der Waals surface area contributed by atoms with Gasteiger partial charge >= 0.3 is 0 Å². The standard InChI is InChI=1S/C21H26N2O4/c1-15(2)27-14-17-6-4-16(5-7-17)12-22-20(24)13-23-21(25)18-8-10-19(26-3)11-9-18/h4-11,15H,12-14H2,1-3H3,(H,22,24)(H,23,25). The van der Waals surface area contributed by atoms with Gasteiger partial charge in [-0.3, -0.25) is 9.59 Å². The molecule has 2 amide bonds. The first kappa shape index (κ1) is 20.5. The van der Waals surface area contributed by atoms with Gasteiger partial charge in [0.1, 0.15) is 5.75 Å². The summed E-state index contributed by atoms with van der Waals surface area (Å²) in [6.45, 7) is 4.89. The molecule has 2 N–H and O–H groups in total. The highest BCUT2D eigenvalue weighted by Crippen LogP contribution is 2.11. The van der Waals surface area contributed by atoms with Crippen molar-refractivity contribution < 1.29 is 19.1 Å². The van der Waals surface area contributed by atoms with Crippen LogP contribution in [-0.2, 0) is 22.7 Å². The predicted octanol–water partition coefficient (Wildman–Crippen LogP) is 2.67. The lowest BCUT2D eigenvalue weighted by molar-refractivity contribution is -0.120. The van der Waals surface area contributed by atoms with E-state index >= 15 is 0 Å². The van der Waals surface area contributed by atoms with E-state index in [4.69, 9.17) is 9.47 Å². The molecule has 0 heterocycles. The third-order valence-corrected chi connectivity index (χ3v) is 3.86. The number of carbonyl (C=O) groups is 2. The zero-order chi connectivity index (χ0) is 19.6. The van der Waals surface area contributed by atoms with Crippen LogP contribution in [0.25, 0.3) is 0 Å². The van der Waals surface area contributed by atoms with Gasteiger partial charge in [-0.1, -0.05) is 24.3 Å². The monoisotopic (exact) mass is 370 g/mol. The maximum atomic E-state index is 12.0. The van der Waals surface area contributed by atoms with Gasteiger partial charge in [-0.15, -0.1) is 0 Å². The highest BCUT2D eigenvalue weighted by atomic mass is 16.5. The van der Waals surface area contributed by atoms with Crippen LogP contribution < -0.4 is 15.4 Å². The van der Waals surface area contributed by atoms with Gasteiger partial charge in [0.05, 0.1) is 26.4 Å². The van der Waals surface area contributed by atoms with Crippen LogP contribution >= 0.6 is 0 Å². The molecule has 6 nitrogen and oxygen atoms in total.